The van der Waals surface area contributed by atoms with Crippen LogP contribution in [-0.2, 0) is 14.8 Å². The fraction of sp³-hybridized carbons (Fsp3) is 0.462. The summed E-state index contributed by atoms with van der Waals surface area (Å²) >= 11 is 0. The molecule has 8 heteroatoms. The second-order valence-corrected chi connectivity index (χ2v) is 6.83. The first-order valence-corrected chi connectivity index (χ1v) is 8.04. The highest BCUT2D eigenvalue weighted by Crippen LogP contribution is 2.30. The van der Waals surface area contributed by atoms with Gasteiger partial charge in [-0.3, -0.25) is 10.1 Å². The van der Waals surface area contributed by atoms with Gasteiger partial charge in [0.1, 0.15) is 6.29 Å². The second-order valence-electron chi connectivity index (χ2n) is 4.97. The molecule has 0 aliphatic carbocycles. The number of carbonyl (C=O) groups excluding carboxylic acids is 1. The van der Waals surface area contributed by atoms with Crippen LogP contribution in [0.1, 0.15) is 24.8 Å². The molecule has 1 unspecified atom stereocenters. The van der Waals surface area contributed by atoms with Crippen LogP contribution in [0.3, 0.4) is 0 Å². The maximum atomic E-state index is 12.7. The van der Waals surface area contributed by atoms with Crippen LogP contribution in [0.25, 0.3) is 0 Å². The van der Waals surface area contributed by atoms with E-state index >= 15 is 0 Å². The average Bonchev–Trinajstić information content (AvgIpc) is 2.46. The van der Waals surface area contributed by atoms with E-state index in [0.717, 1.165) is 10.7 Å². The summed E-state index contributed by atoms with van der Waals surface area (Å²) in [5, 5.41) is 10.9. The zero-order valence-corrected chi connectivity index (χ0v) is 12.4. The van der Waals surface area contributed by atoms with Crippen LogP contribution in [0.5, 0.6) is 0 Å². The highest BCUT2D eigenvalue weighted by Gasteiger charge is 2.35. The Kier molecular flexibility index (Phi) is 4.38. The lowest BCUT2D eigenvalue weighted by atomic mass is 10.1. The number of benzene rings is 1. The number of hydrogen-bond donors (Lipinski definition) is 0. The molecule has 1 aromatic carbocycles. The first-order valence-electron chi connectivity index (χ1n) is 6.60. The number of piperidine rings is 1. The number of carbonyl (C=O) groups is 1. The van der Waals surface area contributed by atoms with Crippen molar-refractivity contribution < 1.29 is 18.1 Å². The molecule has 1 saturated heterocycles. The van der Waals surface area contributed by atoms with E-state index in [4.69, 9.17) is 0 Å². The molecule has 1 fully saturated rings. The lowest BCUT2D eigenvalue weighted by molar-refractivity contribution is -0.385. The van der Waals surface area contributed by atoms with Gasteiger partial charge in [-0.25, -0.2) is 8.42 Å². The molecule has 0 saturated carbocycles. The summed E-state index contributed by atoms with van der Waals surface area (Å²) in [5.74, 6) is 0. The molecule has 1 aliphatic rings. The average molecular weight is 312 g/mol. The van der Waals surface area contributed by atoms with Crippen LogP contribution < -0.4 is 0 Å². The summed E-state index contributed by atoms with van der Waals surface area (Å²) in [6, 6.07) is 3.26. The van der Waals surface area contributed by atoms with Gasteiger partial charge in [0.25, 0.3) is 5.69 Å². The SMILES string of the molecule is Cc1c([N+](=O)[O-])cccc1S(=O)(=O)N1CCCCC1C=O. The number of nitro groups is 1. The van der Waals surface area contributed by atoms with Gasteiger partial charge in [0.05, 0.1) is 15.9 Å². The molecule has 1 aromatic rings. The number of rotatable bonds is 4. The van der Waals surface area contributed by atoms with E-state index in [1.54, 1.807) is 0 Å². The van der Waals surface area contributed by atoms with Gasteiger partial charge in [-0.1, -0.05) is 12.5 Å². The monoisotopic (exact) mass is 312 g/mol. The number of aldehydes is 1. The van der Waals surface area contributed by atoms with Gasteiger partial charge in [-0.15, -0.1) is 0 Å². The Morgan fingerprint density at radius 1 is 1.38 bits per heavy atom. The molecule has 0 radical (unpaired) electrons. The lowest BCUT2D eigenvalue weighted by Crippen LogP contribution is -2.44. The third kappa shape index (κ3) is 2.81. The predicted octanol–water partition coefficient (Wildman–Crippen LogP) is 1.65. The first kappa shape index (κ1) is 15.6. The van der Waals surface area contributed by atoms with Gasteiger partial charge >= 0.3 is 0 Å². The van der Waals surface area contributed by atoms with Gasteiger partial charge < -0.3 is 4.79 Å². The van der Waals surface area contributed by atoms with Crippen LogP contribution in [0.2, 0.25) is 0 Å². The van der Waals surface area contributed by atoms with E-state index < -0.39 is 21.0 Å². The van der Waals surface area contributed by atoms with E-state index in [9.17, 15) is 23.3 Å². The normalized spacial score (nSPS) is 20.1. The summed E-state index contributed by atoms with van der Waals surface area (Å²) in [5.41, 5.74) is -0.145. The van der Waals surface area contributed by atoms with Gasteiger partial charge in [-0.05, 0) is 25.8 Å². The maximum Gasteiger partial charge on any atom is 0.273 e. The Hall–Kier alpha value is -1.80. The summed E-state index contributed by atoms with van der Waals surface area (Å²) in [6.45, 7) is 1.67. The molecule has 1 atom stereocenters. The number of nitrogens with zero attached hydrogens (tertiary/aromatic N) is 2. The second kappa shape index (κ2) is 5.90. The molecule has 0 amide bonds. The quantitative estimate of drug-likeness (QED) is 0.478. The molecular formula is C13H16N2O5S. The van der Waals surface area contributed by atoms with Gasteiger partial charge in [0.2, 0.25) is 10.0 Å². The summed E-state index contributed by atoms with van der Waals surface area (Å²) < 4.78 is 26.5. The van der Waals surface area contributed by atoms with Crippen molar-refractivity contribution in [1.29, 1.82) is 0 Å². The van der Waals surface area contributed by atoms with Gasteiger partial charge in [0.15, 0.2) is 0 Å². The predicted molar refractivity (Wildman–Crippen MR) is 75.4 cm³/mol. The van der Waals surface area contributed by atoms with Crippen molar-refractivity contribution in [1.82, 2.24) is 4.31 Å². The summed E-state index contributed by atoms with van der Waals surface area (Å²) in [7, 11) is -3.91. The summed E-state index contributed by atoms with van der Waals surface area (Å²) in [6.07, 6.45) is 2.58. The van der Waals surface area contributed by atoms with Crippen molar-refractivity contribution in [2.45, 2.75) is 37.1 Å². The minimum atomic E-state index is -3.91. The molecule has 1 heterocycles. The number of nitro benzene ring substituents is 1. The molecule has 0 spiro atoms. The number of hydrogen-bond acceptors (Lipinski definition) is 5. The minimum Gasteiger partial charge on any atom is -0.302 e. The topological polar surface area (TPSA) is 97.6 Å². The zero-order valence-electron chi connectivity index (χ0n) is 11.6. The van der Waals surface area contributed by atoms with E-state index in [1.165, 1.54) is 25.1 Å². The smallest absolute Gasteiger partial charge is 0.273 e. The molecule has 21 heavy (non-hydrogen) atoms. The fourth-order valence-electron chi connectivity index (χ4n) is 2.57. The van der Waals surface area contributed by atoms with E-state index in [-0.39, 0.29) is 22.7 Å². The van der Waals surface area contributed by atoms with E-state index in [0.29, 0.717) is 19.1 Å². The minimum absolute atomic E-state index is 0.0951. The fourth-order valence-corrected chi connectivity index (χ4v) is 4.45. The highest BCUT2D eigenvalue weighted by molar-refractivity contribution is 7.89. The van der Waals surface area contributed by atoms with Crippen LogP contribution in [0.4, 0.5) is 5.69 Å². The van der Waals surface area contributed by atoms with Crippen LogP contribution in [-0.4, -0.2) is 36.5 Å². The van der Waals surface area contributed by atoms with Crippen molar-refractivity contribution in [2.24, 2.45) is 0 Å². The van der Waals surface area contributed by atoms with Crippen molar-refractivity contribution in [3.8, 4) is 0 Å². The summed E-state index contributed by atoms with van der Waals surface area (Å²) in [4.78, 5) is 21.3. The van der Waals surface area contributed by atoms with Crippen molar-refractivity contribution in [3.63, 3.8) is 0 Å². The van der Waals surface area contributed by atoms with Crippen molar-refractivity contribution >= 4 is 22.0 Å². The molecule has 1 aliphatic heterocycles. The molecule has 0 aromatic heterocycles. The van der Waals surface area contributed by atoms with E-state index in [1.807, 2.05) is 0 Å². The molecule has 0 bridgehead atoms. The maximum absolute atomic E-state index is 12.7. The molecular weight excluding hydrogens is 296 g/mol. The largest absolute Gasteiger partial charge is 0.302 e. The number of sulfonamides is 1. The van der Waals surface area contributed by atoms with Gasteiger partial charge in [-0.2, -0.15) is 4.31 Å². The first-order chi connectivity index (χ1) is 9.89. The Bertz CT molecular complexity index is 671. The molecule has 7 nitrogen and oxygen atoms in total. The third-order valence-corrected chi connectivity index (χ3v) is 5.76. The zero-order chi connectivity index (χ0) is 15.6. The Morgan fingerprint density at radius 2 is 2.10 bits per heavy atom. The van der Waals surface area contributed by atoms with Crippen LogP contribution >= 0.6 is 0 Å². The standard InChI is InChI=1S/C13H16N2O5S/c1-10-12(15(17)18)6-4-7-13(10)21(19,20)14-8-3-2-5-11(14)9-16/h4,6-7,9,11H,2-3,5,8H2,1H3. The molecule has 114 valence electrons. The lowest BCUT2D eigenvalue weighted by Gasteiger charge is -2.31. The van der Waals surface area contributed by atoms with Crippen molar-refractivity contribution in [2.75, 3.05) is 6.54 Å². The Labute approximate surface area is 122 Å². The highest BCUT2D eigenvalue weighted by atomic mass is 32.2. The third-order valence-electron chi connectivity index (χ3n) is 3.69. The molecule has 0 N–H and O–H groups in total. The van der Waals surface area contributed by atoms with Crippen LogP contribution in [0, 0.1) is 17.0 Å². The van der Waals surface area contributed by atoms with E-state index in [2.05, 4.69) is 0 Å². The Morgan fingerprint density at radius 3 is 2.71 bits per heavy atom. The Balaban J connectivity index is 2.51. The molecule has 2 rings (SSSR count). The van der Waals surface area contributed by atoms with Gasteiger partial charge in [0, 0.05) is 18.2 Å². The van der Waals surface area contributed by atoms with Crippen LogP contribution in [0.15, 0.2) is 23.1 Å². The van der Waals surface area contributed by atoms with Crippen molar-refractivity contribution in [3.05, 3.63) is 33.9 Å².